The summed E-state index contributed by atoms with van der Waals surface area (Å²) >= 11 is 0. The SMILES string of the molecule is CCC(COCC(C)(COC(=O)NCCCCCCOC#N)COC(=O)NCCCCCCOC#N)(COC(=O)NCCCCCCN=C=O)COC(=O)NCCCCCCN=C=O. The van der Waals surface area contributed by atoms with E-state index in [4.69, 9.17) is 34.2 Å². The lowest BCUT2D eigenvalue weighted by atomic mass is 9.87. The highest BCUT2D eigenvalue weighted by atomic mass is 16.6. The zero-order valence-electron chi connectivity index (χ0n) is 38.0. The maximum absolute atomic E-state index is 12.7. The van der Waals surface area contributed by atoms with Crippen molar-refractivity contribution in [1.29, 1.82) is 10.5 Å². The summed E-state index contributed by atoms with van der Waals surface area (Å²) in [6.07, 6.45) is 16.3. The molecule has 0 spiro atoms. The molecule has 0 atom stereocenters. The topological polar surface area (TPSA) is 287 Å². The fraction of sp³-hybridized carbons (Fsp3) is 0.814. The van der Waals surface area contributed by atoms with Gasteiger partial charge in [0, 0.05) is 26.2 Å². The number of rotatable bonds is 41. The molecule has 4 amide bonds. The van der Waals surface area contributed by atoms with Crippen molar-refractivity contribution >= 4 is 36.5 Å². The normalized spacial score (nSPS) is 11.4. The number of nitrogens with zero attached hydrogens (tertiary/aromatic N) is 4. The third-order valence-electron chi connectivity index (χ3n) is 9.81. The van der Waals surface area contributed by atoms with Gasteiger partial charge in [-0.2, -0.15) is 10.5 Å². The summed E-state index contributed by atoms with van der Waals surface area (Å²) in [6, 6.07) is 0. The van der Waals surface area contributed by atoms with Crippen LogP contribution in [0.5, 0.6) is 0 Å². The van der Waals surface area contributed by atoms with Crippen LogP contribution in [0.2, 0.25) is 0 Å². The Labute approximate surface area is 378 Å². The first-order valence-electron chi connectivity index (χ1n) is 22.4. The van der Waals surface area contributed by atoms with E-state index >= 15 is 0 Å². The first-order chi connectivity index (χ1) is 31.1. The summed E-state index contributed by atoms with van der Waals surface area (Å²) in [5.74, 6) is 0. The minimum Gasteiger partial charge on any atom is -0.449 e. The van der Waals surface area contributed by atoms with Gasteiger partial charge in [-0.3, -0.25) is 0 Å². The minimum atomic E-state index is -1.04. The maximum atomic E-state index is 12.7. The van der Waals surface area contributed by atoms with Crippen molar-refractivity contribution in [3.63, 3.8) is 0 Å². The lowest BCUT2D eigenvalue weighted by Gasteiger charge is -2.34. The predicted octanol–water partition coefficient (Wildman–Crippen LogP) is 6.22. The molecule has 21 nitrogen and oxygen atoms in total. The Kier molecular flexibility index (Phi) is 37.8. The molecule has 0 heterocycles. The third-order valence-corrected chi connectivity index (χ3v) is 9.81. The number of carbonyl (C=O) groups is 4. The Hall–Kier alpha value is -5.62. The van der Waals surface area contributed by atoms with E-state index in [-0.39, 0.29) is 39.6 Å². The monoisotopic (exact) mass is 909 g/mol. The standard InChI is InChI=1S/C43H72N8O13/c1-3-43(32-63-40(56)50-22-14-6-4-12-20-46-36-52,33-64-41(57)51-23-15-7-5-13-21-47-37-53)31-60-28-42(2,29-61-38(54)48-24-16-8-10-18-26-58-34-44)30-62-39(55)49-25-17-9-11-19-27-59-35-45/h3-33H2,1-2H3,(H,48,54)(H,49,55)(H,50,56)(H,51,57). The number of nitriles is 2. The second kappa shape index (κ2) is 41.4. The molecule has 0 aliphatic carbocycles. The second-order valence-corrected chi connectivity index (χ2v) is 15.7. The Bertz CT molecular complexity index is 1350. The number of ether oxygens (including phenoxy) is 7. The Morgan fingerprint density at radius 1 is 0.484 bits per heavy atom. The van der Waals surface area contributed by atoms with Gasteiger partial charge in [0.2, 0.25) is 12.2 Å². The Morgan fingerprint density at radius 3 is 1.17 bits per heavy atom. The van der Waals surface area contributed by atoms with Crippen molar-refractivity contribution in [3.05, 3.63) is 0 Å². The molecule has 0 aliphatic heterocycles. The van der Waals surface area contributed by atoms with Gasteiger partial charge in [-0.05, 0) is 70.6 Å². The molecule has 4 N–H and O–H groups in total. The molecular weight excluding hydrogens is 837 g/mol. The summed E-state index contributed by atoms with van der Waals surface area (Å²) < 4.78 is 37.9. The highest BCUT2D eigenvalue weighted by Crippen LogP contribution is 2.27. The van der Waals surface area contributed by atoms with Crippen LogP contribution in [0.1, 0.15) is 123 Å². The number of alkyl carbamates (subject to hydrolysis) is 4. The Morgan fingerprint density at radius 2 is 0.828 bits per heavy atom. The van der Waals surface area contributed by atoms with E-state index in [1.54, 1.807) is 19.4 Å². The van der Waals surface area contributed by atoms with Gasteiger partial charge in [-0.25, -0.2) is 38.8 Å². The van der Waals surface area contributed by atoms with Gasteiger partial charge in [0.15, 0.2) is 0 Å². The second-order valence-electron chi connectivity index (χ2n) is 15.7. The number of unbranched alkanes of at least 4 members (excludes halogenated alkanes) is 12. The van der Waals surface area contributed by atoms with Gasteiger partial charge < -0.3 is 54.4 Å². The molecule has 21 heteroatoms. The fourth-order valence-electron chi connectivity index (χ4n) is 5.78. The van der Waals surface area contributed by atoms with Crippen LogP contribution < -0.4 is 21.3 Å². The number of nitrogens with one attached hydrogen (secondary N) is 4. The molecule has 0 aromatic carbocycles. The number of isocyanates is 2. The van der Waals surface area contributed by atoms with Gasteiger partial charge in [0.05, 0.1) is 37.1 Å². The van der Waals surface area contributed by atoms with Crippen molar-refractivity contribution in [2.24, 2.45) is 20.8 Å². The molecule has 0 unspecified atom stereocenters. The van der Waals surface area contributed by atoms with E-state index in [0.29, 0.717) is 84.6 Å². The van der Waals surface area contributed by atoms with E-state index in [9.17, 15) is 28.8 Å². The Balaban J connectivity index is 5.60. The van der Waals surface area contributed by atoms with Crippen LogP contribution in [0, 0.1) is 33.9 Å². The van der Waals surface area contributed by atoms with Crippen LogP contribution in [-0.2, 0) is 42.7 Å². The van der Waals surface area contributed by atoms with Gasteiger partial charge in [-0.15, -0.1) is 0 Å². The molecule has 362 valence electrons. The molecule has 0 saturated heterocycles. The van der Waals surface area contributed by atoms with E-state index in [0.717, 1.165) is 77.0 Å². The first kappa shape index (κ1) is 58.4. The third kappa shape index (κ3) is 35.9. The zero-order chi connectivity index (χ0) is 47.3. The average Bonchev–Trinajstić information content (AvgIpc) is 3.29. The van der Waals surface area contributed by atoms with E-state index in [2.05, 4.69) is 40.7 Å². The van der Waals surface area contributed by atoms with Crippen molar-refractivity contribution in [1.82, 2.24) is 21.3 Å². The zero-order valence-corrected chi connectivity index (χ0v) is 38.0. The fourth-order valence-corrected chi connectivity index (χ4v) is 5.78. The predicted molar refractivity (Wildman–Crippen MR) is 232 cm³/mol. The van der Waals surface area contributed by atoms with E-state index in [1.807, 2.05) is 6.92 Å². The number of hydrogen-bond acceptors (Lipinski definition) is 17. The summed E-state index contributed by atoms with van der Waals surface area (Å²) in [4.78, 5) is 78.4. The van der Waals surface area contributed by atoms with Gasteiger partial charge in [0.25, 0.3) is 12.5 Å². The van der Waals surface area contributed by atoms with Gasteiger partial charge in [0.1, 0.15) is 39.6 Å². The molecular formula is C43H72N8O13. The van der Waals surface area contributed by atoms with Crippen molar-refractivity contribution in [2.75, 3.05) is 92.1 Å². The molecule has 0 bridgehead atoms. The molecule has 0 saturated carbocycles. The number of amides is 4. The van der Waals surface area contributed by atoms with Crippen LogP contribution in [0.25, 0.3) is 0 Å². The number of hydrogen-bond donors (Lipinski definition) is 4. The van der Waals surface area contributed by atoms with E-state index in [1.165, 1.54) is 12.2 Å². The number of carbonyl (C=O) groups excluding carboxylic acids is 6. The molecule has 0 rings (SSSR count). The van der Waals surface area contributed by atoms with Crippen LogP contribution in [0.4, 0.5) is 19.2 Å². The van der Waals surface area contributed by atoms with Crippen LogP contribution in [0.15, 0.2) is 9.98 Å². The highest BCUT2D eigenvalue weighted by molar-refractivity contribution is 5.68. The molecule has 0 aromatic heterocycles. The molecule has 0 aromatic rings. The highest BCUT2D eigenvalue weighted by Gasteiger charge is 2.36. The van der Waals surface area contributed by atoms with Gasteiger partial charge >= 0.3 is 24.4 Å². The summed E-state index contributed by atoms with van der Waals surface area (Å²) in [5, 5.41) is 27.8. The van der Waals surface area contributed by atoms with Crippen molar-refractivity contribution in [3.8, 4) is 12.5 Å². The molecule has 0 fully saturated rings. The minimum absolute atomic E-state index is 0.0522. The number of aliphatic imine (C=N–C) groups is 2. The van der Waals surface area contributed by atoms with Gasteiger partial charge in [-0.1, -0.05) is 52.4 Å². The average molecular weight is 909 g/mol. The molecule has 0 aliphatic rings. The molecule has 0 radical (unpaired) electrons. The molecule has 64 heavy (non-hydrogen) atoms. The van der Waals surface area contributed by atoms with Crippen molar-refractivity contribution in [2.45, 2.75) is 123 Å². The van der Waals surface area contributed by atoms with E-state index < -0.39 is 35.2 Å². The lowest BCUT2D eigenvalue weighted by molar-refractivity contribution is -0.0761. The van der Waals surface area contributed by atoms with Crippen LogP contribution in [0.3, 0.4) is 0 Å². The quantitative estimate of drug-likeness (QED) is 0.0174. The summed E-state index contributed by atoms with van der Waals surface area (Å²) in [5.41, 5.74) is -2.03. The van der Waals surface area contributed by atoms with Crippen molar-refractivity contribution < 1.29 is 61.9 Å². The summed E-state index contributed by atoms with van der Waals surface area (Å²) in [6.45, 7) is 5.74. The smallest absolute Gasteiger partial charge is 0.407 e. The first-order valence-corrected chi connectivity index (χ1v) is 22.4. The largest absolute Gasteiger partial charge is 0.449 e. The summed E-state index contributed by atoms with van der Waals surface area (Å²) in [7, 11) is 0. The van der Waals surface area contributed by atoms with Crippen LogP contribution in [-0.4, -0.2) is 129 Å². The maximum Gasteiger partial charge on any atom is 0.407 e. The van der Waals surface area contributed by atoms with Crippen LogP contribution >= 0.6 is 0 Å². The lowest BCUT2D eigenvalue weighted by Crippen LogP contribution is -2.43.